The number of fused-ring (bicyclic) bond motifs is 1. The van der Waals surface area contributed by atoms with Gasteiger partial charge in [0.15, 0.2) is 5.43 Å². The minimum Gasteiger partial charge on any atom is -0.440 e. The Morgan fingerprint density at radius 3 is 2.56 bits per heavy atom. The number of carbonyl (C=O) groups excluding carboxylic acids is 1. The quantitative estimate of drug-likeness (QED) is 0.824. The third kappa shape index (κ3) is 2.77. The maximum Gasteiger partial charge on any atom is 0.278 e. The maximum absolute atomic E-state index is 11.7. The summed E-state index contributed by atoms with van der Waals surface area (Å²) in [5.74, 6) is -0.971. The zero-order chi connectivity index (χ0) is 13.3. The standard InChI is InChI=1S/C11H6Cl3NO3/c12-11(13,14)10(17)15-9-5-7(16)6-3-1-2-4-8(6)18-9/h1-5H,(H,15,17). The molecule has 0 atom stereocenters. The molecule has 1 amide bonds. The van der Waals surface area contributed by atoms with Crippen molar-refractivity contribution in [1.82, 2.24) is 0 Å². The highest BCUT2D eigenvalue weighted by Crippen LogP contribution is 2.27. The van der Waals surface area contributed by atoms with Gasteiger partial charge in [0.1, 0.15) is 5.58 Å². The van der Waals surface area contributed by atoms with E-state index in [1.165, 1.54) is 0 Å². The average molecular weight is 307 g/mol. The molecule has 1 aromatic carbocycles. The first-order valence-electron chi connectivity index (χ1n) is 4.79. The van der Waals surface area contributed by atoms with E-state index < -0.39 is 9.70 Å². The summed E-state index contributed by atoms with van der Waals surface area (Å²) in [7, 11) is 0. The fourth-order valence-corrected chi connectivity index (χ4v) is 1.49. The molecule has 7 heteroatoms. The molecule has 0 fully saturated rings. The Morgan fingerprint density at radius 1 is 1.22 bits per heavy atom. The van der Waals surface area contributed by atoms with Crippen LogP contribution in [0.2, 0.25) is 0 Å². The highest BCUT2D eigenvalue weighted by molar-refractivity contribution is 6.76. The summed E-state index contributed by atoms with van der Waals surface area (Å²) < 4.78 is 3.18. The molecule has 0 aliphatic carbocycles. The van der Waals surface area contributed by atoms with Gasteiger partial charge in [0, 0.05) is 6.07 Å². The number of nitrogens with one attached hydrogen (secondary N) is 1. The van der Waals surface area contributed by atoms with Crippen molar-refractivity contribution < 1.29 is 9.21 Å². The van der Waals surface area contributed by atoms with Crippen LogP contribution in [0.25, 0.3) is 11.0 Å². The van der Waals surface area contributed by atoms with E-state index in [1.807, 2.05) is 0 Å². The summed E-state index contributed by atoms with van der Waals surface area (Å²) in [5.41, 5.74) is 0.0427. The normalized spacial score (nSPS) is 11.5. The van der Waals surface area contributed by atoms with Gasteiger partial charge in [-0.05, 0) is 12.1 Å². The van der Waals surface area contributed by atoms with Crippen LogP contribution in [0.15, 0.2) is 39.5 Å². The Morgan fingerprint density at radius 2 is 1.89 bits per heavy atom. The van der Waals surface area contributed by atoms with E-state index in [1.54, 1.807) is 24.3 Å². The monoisotopic (exact) mass is 305 g/mol. The zero-order valence-electron chi connectivity index (χ0n) is 8.75. The van der Waals surface area contributed by atoms with E-state index >= 15 is 0 Å². The largest absolute Gasteiger partial charge is 0.440 e. The number of hydrogen-bond donors (Lipinski definition) is 1. The lowest BCUT2D eigenvalue weighted by Crippen LogP contribution is -2.27. The zero-order valence-corrected chi connectivity index (χ0v) is 11.0. The minimum absolute atomic E-state index is 0.0741. The van der Waals surface area contributed by atoms with E-state index in [0.717, 1.165) is 6.07 Å². The van der Waals surface area contributed by atoms with Crippen molar-refractivity contribution >= 4 is 57.6 Å². The van der Waals surface area contributed by atoms with Gasteiger partial charge in [0.05, 0.1) is 5.39 Å². The Hall–Kier alpha value is -1.23. The summed E-state index contributed by atoms with van der Waals surface area (Å²) in [6, 6.07) is 7.74. The third-order valence-electron chi connectivity index (χ3n) is 2.13. The van der Waals surface area contributed by atoms with E-state index in [-0.39, 0.29) is 11.3 Å². The predicted molar refractivity (Wildman–Crippen MR) is 71.4 cm³/mol. The molecule has 18 heavy (non-hydrogen) atoms. The SMILES string of the molecule is O=C(Nc1cc(=O)c2ccccc2o1)C(Cl)(Cl)Cl. The topological polar surface area (TPSA) is 59.3 Å². The van der Waals surface area contributed by atoms with Crippen molar-refractivity contribution in [2.24, 2.45) is 0 Å². The van der Waals surface area contributed by atoms with Gasteiger partial charge >= 0.3 is 0 Å². The first kappa shape index (κ1) is 13.2. The second-order valence-corrected chi connectivity index (χ2v) is 5.70. The lowest BCUT2D eigenvalue weighted by atomic mass is 10.2. The first-order chi connectivity index (χ1) is 8.38. The Labute approximate surface area is 116 Å². The summed E-state index contributed by atoms with van der Waals surface area (Å²) in [6.07, 6.45) is 0. The van der Waals surface area contributed by atoms with Crippen molar-refractivity contribution in [2.75, 3.05) is 5.32 Å². The smallest absolute Gasteiger partial charge is 0.278 e. The van der Waals surface area contributed by atoms with Crippen LogP contribution in [-0.2, 0) is 4.79 Å². The maximum atomic E-state index is 11.7. The molecule has 0 bridgehead atoms. The van der Waals surface area contributed by atoms with Crippen LogP contribution in [0.3, 0.4) is 0 Å². The van der Waals surface area contributed by atoms with Crippen molar-refractivity contribution in [3.63, 3.8) is 0 Å². The molecule has 2 aromatic rings. The van der Waals surface area contributed by atoms with Gasteiger partial charge in [0.2, 0.25) is 5.88 Å². The highest BCUT2D eigenvalue weighted by atomic mass is 35.6. The van der Waals surface area contributed by atoms with Crippen LogP contribution in [0.4, 0.5) is 5.88 Å². The van der Waals surface area contributed by atoms with Crippen LogP contribution in [0.1, 0.15) is 0 Å². The molecule has 0 spiro atoms. The molecule has 1 aromatic heterocycles. The Balaban J connectivity index is 2.42. The van der Waals surface area contributed by atoms with Crippen molar-refractivity contribution in [2.45, 2.75) is 3.79 Å². The number of anilines is 1. The molecule has 2 rings (SSSR count). The fraction of sp³-hybridized carbons (Fsp3) is 0.0909. The van der Waals surface area contributed by atoms with Gasteiger partial charge in [-0.15, -0.1) is 0 Å². The van der Waals surface area contributed by atoms with Crippen LogP contribution >= 0.6 is 34.8 Å². The summed E-state index contributed by atoms with van der Waals surface area (Å²) >= 11 is 16.2. The summed E-state index contributed by atoms with van der Waals surface area (Å²) in [6.45, 7) is 0. The van der Waals surface area contributed by atoms with Crippen LogP contribution < -0.4 is 10.7 Å². The highest BCUT2D eigenvalue weighted by Gasteiger charge is 2.31. The predicted octanol–water partition coefficient (Wildman–Crippen LogP) is 3.10. The fourth-order valence-electron chi connectivity index (χ4n) is 1.35. The Bertz CT molecular complexity index is 660. The molecule has 0 aliphatic heterocycles. The average Bonchev–Trinajstić information content (AvgIpc) is 2.27. The lowest BCUT2D eigenvalue weighted by Gasteiger charge is -2.10. The molecule has 0 aliphatic rings. The number of carbonyl (C=O) groups is 1. The summed E-state index contributed by atoms with van der Waals surface area (Å²) in [5, 5.41) is 2.62. The molecule has 0 radical (unpaired) electrons. The van der Waals surface area contributed by atoms with Crippen LogP contribution in [0, 0.1) is 0 Å². The molecule has 0 unspecified atom stereocenters. The summed E-state index contributed by atoms with van der Waals surface area (Å²) in [4.78, 5) is 23.1. The molecular weight excluding hydrogens is 300 g/mol. The number of alkyl halides is 3. The molecule has 0 saturated carbocycles. The van der Waals surface area contributed by atoms with Crippen molar-refractivity contribution in [1.29, 1.82) is 0 Å². The van der Waals surface area contributed by atoms with Gasteiger partial charge in [-0.25, -0.2) is 0 Å². The van der Waals surface area contributed by atoms with Crippen molar-refractivity contribution in [3.8, 4) is 0 Å². The van der Waals surface area contributed by atoms with E-state index in [9.17, 15) is 9.59 Å². The van der Waals surface area contributed by atoms with Gasteiger partial charge < -0.3 is 4.42 Å². The third-order valence-corrected chi connectivity index (χ3v) is 2.64. The second kappa shape index (κ2) is 4.80. The number of hydrogen-bond acceptors (Lipinski definition) is 3. The van der Waals surface area contributed by atoms with Crippen LogP contribution in [-0.4, -0.2) is 9.70 Å². The van der Waals surface area contributed by atoms with Gasteiger partial charge in [-0.3, -0.25) is 14.9 Å². The van der Waals surface area contributed by atoms with Gasteiger partial charge in [-0.1, -0.05) is 46.9 Å². The van der Waals surface area contributed by atoms with E-state index in [4.69, 9.17) is 39.2 Å². The molecule has 1 N–H and O–H groups in total. The molecule has 0 saturated heterocycles. The minimum atomic E-state index is -2.12. The van der Waals surface area contributed by atoms with E-state index in [2.05, 4.69) is 5.32 Å². The second-order valence-electron chi connectivity index (χ2n) is 3.42. The lowest BCUT2D eigenvalue weighted by molar-refractivity contribution is -0.115. The van der Waals surface area contributed by atoms with Crippen LogP contribution in [0.5, 0.6) is 0 Å². The van der Waals surface area contributed by atoms with Crippen molar-refractivity contribution in [3.05, 3.63) is 40.6 Å². The molecular formula is C11H6Cl3NO3. The van der Waals surface area contributed by atoms with E-state index in [0.29, 0.717) is 11.0 Å². The number of benzene rings is 1. The Kier molecular flexibility index (Phi) is 3.52. The molecule has 1 heterocycles. The van der Waals surface area contributed by atoms with Gasteiger partial charge in [0.25, 0.3) is 9.70 Å². The molecule has 4 nitrogen and oxygen atoms in total. The first-order valence-corrected chi connectivity index (χ1v) is 5.92. The number of para-hydroxylation sites is 1. The number of amides is 1. The number of halogens is 3. The number of rotatable bonds is 1. The molecule has 94 valence electrons. The van der Waals surface area contributed by atoms with Gasteiger partial charge in [-0.2, -0.15) is 0 Å².